The highest BCUT2D eigenvalue weighted by Gasteiger charge is 2.21. The van der Waals surface area contributed by atoms with Crippen molar-refractivity contribution < 1.29 is 9.59 Å². The lowest BCUT2D eigenvalue weighted by Crippen LogP contribution is -2.25. The minimum absolute atomic E-state index is 0.115. The summed E-state index contributed by atoms with van der Waals surface area (Å²) in [7, 11) is 3.99. The molecule has 2 amide bonds. The van der Waals surface area contributed by atoms with Crippen LogP contribution in [0, 0.1) is 0 Å². The molecule has 0 spiro atoms. The molecule has 0 aliphatic carbocycles. The van der Waals surface area contributed by atoms with Crippen LogP contribution in [0.15, 0.2) is 48.5 Å². The first-order valence-electron chi connectivity index (χ1n) is 8.49. The maximum absolute atomic E-state index is 12.3. The van der Waals surface area contributed by atoms with Crippen LogP contribution < -0.4 is 15.1 Å². The Labute approximate surface area is 148 Å². The predicted molar refractivity (Wildman–Crippen MR) is 100.0 cm³/mol. The van der Waals surface area contributed by atoms with Crippen LogP contribution in [0.5, 0.6) is 0 Å². The molecule has 1 aliphatic rings. The minimum atomic E-state index is -0.115. The van der Waals surface area contributed by atoms with E-state index >= 15 is 0 Å². The van der Waals surface area contributed by atoms with Gasteiger partial charge in [0, 0.05) is 50.5 Å². The predicted octanol–water partition coefficient (Wildman–Crippen LogP) is 2.81. The molecule has 2 aromatic rings. The largest absolute Gasteiger partial charge is 0.378 e. The first-order valence-corrected chi connectivity index (χ1v) is 8.49. The molecule has 0 unspecified atom stereocenters. The van der Waals surface area contributed by atoms with Crippen molar-refractivity contribution in [2.45, 2.75) is 19.4 Å². The Balaban J connectivity index is 1.58. The highest BCUT2D eigenvalue weighted by Crippen LogP contribution is 2.21. The van der Waals surface area contributed by atoms with Gasteiger partial charge in [-0.05, 0) is 48.4 Å². The van der Waals surface area contributed by atoms with E-state index in [4.69, 9.17) is 0 Å². The third kappa shape index (κ3) is 3.99. The second kappa shape index (κ2) is 7.38. The molecule has 130 valence electrons. The van der Waals surface area contributed by atoms with Gasteiger partial charge in [0.25, 0.3) is 5.91 Å². The number of hydrogen-bond donors (Lipinski definition) is 1. The van der Waals surface area contributed by atoms with Crippen LogP contribution in [0.1, 0.15) is 28.8 Å². The normalized spacial score (nSPS) is 13.8. The van der Waals surface area contributed by atoms with Gasteiger partial charge in [0.1, 0.15) is 0 Å². The van der Waals surface area contributed by atoms with Crippen LogP contribution in [0.25, 0.3) is 0 Å². The van der Waals surface area contributed by atoms with Gasteiger partial charge in [-0.1, -0.05) is 12.1 Å². The van der Waals surface area contributed by atoms with E-state index in [1.807, 2.05) is 55.4 Å². The van der Waals surface area contributed by atoms with E-state index in [1.54, 1.807) is 17.0 Å². The number of nitrogens with zero attached hydrogens (tertiary/aromatic N) is 2. The summed E-state index contributed by atoms with van der Waals surface area (Å²) < 4.78 is 0. The summed E-state index contributed by atoms with van der Waals surface area (Å²) in [4.78, 5) is 27.9. The second-order valence-corrected chi connectivity index (χ2v) is 6.44. The molecule has 0 atom stereocenters. The van der Waals surface area contributed by atoms with Gasteiger partial charge in [0.2, 0.25) is 5.91 Å². The number of benzene rings is 2. The highest BCUT2D eigenvalue weighted by molar-refractivity contribution is 5.97. The van der Waals surface area contributed by atoms with Crippen LogP contribution in [0.3, 0.4) is 0 Å². The van der Waals surface area contributed by atoms with E-state index in [0.717, 1.165) is 29.9 Å². The molecule has 1 aliphatic heterocycles. The number of anilines is 2. The summed E-state index contributed by atoms with van der Waals surface area (Å²) in [6.07, 6.45) is 1.50. The molecule has 1 fully saturated rings. The maximum atomic E-state index is 12.3. The zero-order valence-electron chi connectivity index (χ0n) is 14.7. The fourth-order valence-corrected chi connectivity index (χ4v) is 2.91. The molecule has 0 bridgehead atoms. The molecule has 1 saturated heterocycles. The molecule has 5 nitrogen and oxygen atoms in total. The first-order chi connectivity index (χ1) is 12.0. The smallest absolute Gasteiger partial charge is 0.251 e. The Bertz CT molecular complexity index is 752. The molecule has 1 heterocycles. The third-order valence-corrected chi connectivity index (χ3v) is 4.42. The number of nitrogens with one attached hydrogen (secondary N) is 1. The van der Waals surface area contributed by atoms with E-state index in [-0.39, 0.29) is 11.8 Å². The monoisotopic (exact) mass is 337 g/mol. The second-order valence-electron chi connectivity index (χ2n) is 6.44. The van der Waals surface area contributed by atoms with Crippen molar-refractivity contribution in [3.8, 4) is 0 Å². The standard InChI is InChI=1S/C20H23N3O2/c1-22(2)17-9-5-15(6-10-17)14-21-20(25)16-7-11-18(12-8-16)23-13-3-4-19(23)24/h5-12H,3-4,13-14H2,1-2H3,(H,21,25). The molecule has 2 aromatic carbocycles. The lowest BCUT2D eigenvalue weighted by molar-refractivity contribution is -0.117. The van der Waals surface area contributed by atoms with Gasteiger partial charge in [-0.2, -0.15) is 0 Å². The Hall–Kier alpha value is -2.82. The van der Waals surface area contributed by atoms with Gasteiger partial charge in [0.05, 0.1) is 0 Å². The van der Waals surface area contributed by atoms with Crippen LogP contribution in [-0.2, 0) is 11.3 Å². The number of rotatable bonds is 5. The van der Waals surface area contributed by atoms with E-state index in [9.17, 15) is 9.59 Å². The molecule has 5 heteroatoms. The van der Waals surface area contributed by atoms with Gasteiger partial charge in [0.15, 0.2) is 0 Å². The van der Waals surface area contributed by atoms with Gasteiger partial charge in [-0.25, -0.2) is 0 Å². The zero-order valence-corrected chi connectivity index (χ0v) is 14.7. The topological polar surface area (TPSA) is 52.7 Å². The summed E-state index contributed by atoms with van der Waals surface area (Å²) in [5.74, 6) is 0.0364. The molecule has 1 N–H and O–H groups in total. The molecular weight excluding hydrogens is 314 g/mol. The number of carbonyl (C=O) groups excluding carboxylic acids is 2. The van der Waals surface area contributed by atoms with E-state index in [2.05, 4.69) is 5.32 Å². The van der Waals surface area contributed by atoms with Crippen LogP contribution >= 0.6 is 0 Å². The summed E-state index contributed by atoms with van der Waals surface area (Å²) in [5, 5.41) is 2.93. The quantitative estimate of drug-likeness (QED) is 0.913. The van der Waals surface area contributed by atoms with E-state index in [0.29, 0.717) is 18.5 Å². The van der Waals surface area contributed by atoms with Gasteiger partial charge in [-0.3, -0.25) is 9.59 Å². The summed E-state index contributed by atoms with van der Waals surface area (Å²) in [6.45, 7) is 1.24. The maximum Gasteiger partial charge on any atom is 0.251 e. The molecule has 25 heavy (non-hydrogen) atoms. The van der Waals surface area contributed by atoms with E-state index < -0.39 is 0 Å². The lowest BCUT2D eigenvalue weighted by atomic mass is 10.1. The fraction of sp³-hybridized carbons (Fsp3) is 0.300. The molecule has 0 saturated carbocycles. The first kappa shape index (κ1) is 17.0. The third-order valence-electron chi connectivity index (χ3n) is 4.42. The van der Waals surface area contributed by atoms with Crippen LogP contribution in [-0.4, -0.2) is 32.5 Å². The van der Waals surface area contributed by atoms with Gasteiger partial charge < -0.3 is 15.1 Å². The molecule has 0 aromatic heterocycles. The summed E-state index contributed by atoms with van der Waals surface area (Å²) in [6, 6.07) is 15.3. The van der Waals surface area contributed by atoms with Crippen LogP contribution in [0.2, 0.25) is 0 Å². The molecular formula is C20H23N3O2. The van der Waals surface area contributed by atoms with Crippen molar-refractivity contribution in [1.29, 1.82) is 0 Å². The lowest BCUT2D eigenvalue weighted by Gasteiger charge is -2.16. The van der Waals surface area contributed by atoms with Crippen molar-refractivity contribution in [1.82, 2.24) is 5.32 Å². The van der Waals surface area contributed by atoms with Crippen molar-refractivity contribution in [3.05, 3.63) is 59.7 Å². The summed E-state index contributed by atoms with van der Waals surface area (Å²) in [5.41, 5.74) is 3.64. The number of carbonyl (C=O) groups is 2. The van der Waals surface area contributed by atoms with Gasteiger partial charge >= 0.3 is 0 Å². The Morgan fingerprint density at radius 3 is 2.32 bits per heavy atom. The van der Waals surface area contributed by atoms with E-state index in [1.165, 1.54) is 0 Å². The molecule has 3 rings (SSSR count). The minimum Gasteiger partial charge on any atom is -0.378 e. The Morgan fingerprint density at radius 2 is 1.76 bits per heavy atom. The fourth-order valence-electron chi connectivity index (χ4n) is 2.91. The highest BCUT2D eigenvalue weighted by atomic mass is 16.2. The van der Waals surface area contributed by atoms with Crippen LogP contribution in [0.4, 0.5) is 11.4 Å². The SMILES string of the molecule is CN(C)c1ccc(CNC(=O)c2ccc(N3CCCC3=O)cc2)cc1. The Morgan fingerprint density at radius 1 is 1.08 bits per heavy atom. The summed E-state index contributed by atoms with van der Waals surface area (Å²) >= 11 is 0. The number of amides is 2. The van der Waals surface area contributed by atoms with Crippen molar-refractivity contribution >= 4 is 23.2 Å². The zero-order chi connectivity index (χ0) is 17.8. The van der Waals surface area contributed by atoms with Crippen molar-refractivity contribution in [2.75, 3.05) is 30.4 Å². The Kier molecular flexibility index (Phi) is 5.03. The average molecular weight is 337 g/mol. The van der Waals surface area contributed by atoms with Gasteiger partial charge in [-0.15, -0.1) is 0 Å². The average Bonchev–Trinajstić information content (AvgIpc) is 3.06. The van der Waals surface area contributed by atoms with Crippen molar-refractivity contribution in [3.63, 3.8) is 0 Å². The number of hydrogen-bond acceptors (Lipinski definition) is 3. The van der Waals surface area contributed by atoms with Crippen molar-refractivity contribution in [2.24, 2.45) is 0 Å². The molecule has 0 radical (unpaired) electrons.